The summed E-state index contributed by atoms with van der Waals surface area (Å²) >= 11 is 14.0. The standard InChI is InChI=1S/C14H15Cl2NOS/c15-10-4-5-11(12(16)8-10)14-17(6-7-19-14)13(18)9-2-1-3-9/h4-5,8-9,14H,1-3,6-7H2. The lowest BCUT2D eigenvalue weighted by Crippen LogP contribution is -2.38. The van der Waals surface area contributed by atoms with E-state index in [4.69, 9.17) is 23.2 Å². The lowest BCUT2D eigenvalue weighted by Gasteiger charge is -2.32. The van der Waals surface area contributed by atoms with Crippen molar-refractivity contribution < 1.29 is 4.79 Å². The second-order valence-electron chi connectivity index (χ2n) is 5.05. The molecule has 0 bridgehead atoms. The highest BCUT2D eigenvalue weighted by Gasteiger charge is 2.37. The molecular formula is C14H15Cl2NOS. The first-order chi connectivity index (χ1) is 9.16. The van der Waals surface area contributed by atoms with Gasteiger partial charge in [-0.3, -0.25) is 4.79 Å². The van der Waals surface area contributed by atoms with Crippen molar-refractivity contribution in [3.8, 4) is 0 Å². The van der Waals surface area contributed by atoms with Crippen molar-refractivity contribution in [1.29, 1.82) is 0 Å². The van der Waals surface area contributed by atoms with Crippen LogP contribution in [0.5, 0.6) is 0 Å². The van der Waals surface area contributed by atoms with Crippen molar-refractivity contribution in [1.82, 2.24) is 4.90 Å². The zero-order valence-electron chi connectivity index (χ0n) is 10.4. The zero-order chi connectivity index (χ0) is 13.4. The molecule has 1 saturated carbocycles. The Hall–Kier alpha value is -0.380. The van der Waals surface area contributed by atoms with Crippen LogP contribution in [0.2, 0.25) is 10.0 Å². The summed E-state index contributed by atoms with van der Waals surface area (Å²) in [5, 5.41) is 1.34. The first-order valence-corrected chi connectivity index (χ1v) is 8.34. The summed E-state index contributed by atoms with van der Waals surface area (Å²) < 4.78 is 0. The lowest BCUT2D eigenvalue weighted by atomic mass is 9.84. The minimum absolute atomic E-state index is 0.0536. The Labute approximate surface area is 127 Å². The van der Waals surface area contributed by atoms with E-state index >= 15 is 0 Å². The Balaban J connectivity index is 1.84. The maximum absolute atomic E-state index is 12.4. The molecule has 1 amide bonds. The number of benzene rings is 1. The largest absolute Gasteiger partial charge is 0.325 e. The van der Waals surface area contributed by atoms with Gasteiger partial charge in [-0.2, -0.15) is 0 Å². The fourth-order valence-electron chi connectivity index (χ4n) is 2.54. The van der Waals surface area contributed by atoms with E-state index in [1.807, 2.05) is 17.0 Å². The van der Waals surface area contributed by atoms with E-state index in [0.717, 1.165) is 30.7 Å². The normalized spacial score (nSPS) is 23.5. The first-order valence-electron chi connectivity index (χ1n) is 6.54. The maximum Gasteiger partial charge on any atom is 0.226 e. The van der Waals surface area contributed by atoms with Crippen LogP contribution in [0.15, 0.2) is 18.2 Å². The summed E-state index contributed by atoms with van der Waals surface area (Å²) in [4.78, 5) is 14.4. The van der Waals surface area contributed by atoms with Crippen molar-refractivity contribution in [3.63, 3.8) is 0 Å². The number of thioether (sulfide) groups is 1. The van der Waals surface area contributed by atoms with Gasteiger partial charge < -0.3 is 4.90 Å². The summed E-state index contributed by atoms with van der Waals surface area (Å²) in [5.41, 5.74) is 1.00. The Morgan fingerprint density at radius 2 is 2.11 bits per heavy atom. The minimum atomic E-state index is 0.0536. The van der Waals surface area contributed by atoms with Gasteiger partial charge in [0.05, 0.1) is 0 Å². The highest BCUT2D eigenvalue weighted by molar-refractivity contribution is 7.99. The smallest absolute Gasteiger partial charge is 0.226 e. The number of carbonyl (C=O) groups is 1. The van der Waals surface area contributed by atoms with Crippen molar-refractivity contribution in [2.24, 2.45) is 5.92 Å². The average molecular weight is 316 g/mol. The molecule has 1 saturated heterocycles. The van der Waals surface area contributed by atoms with E-state index in [9.17, 15) is 4.79 Å². The highest BCUT2D eigenvalue weighted by atomic mass is 35.5. The molecule has 0 spiro atoms. The van der Waals surface area contributed by atoms with Gasteiger partial charge in [0.1, 0.15) is 5.37 Å². The monoisotopic (exact) mass is 315 g/mol. The van der Waals surface area contributed by atoms with Gasteiger partial charge in [0, 0.05) is 33.8 Å². The molecule has 3 rings (SSSR count). The third kappa shape index (κ3) is 2.61. The van der Waals surface area contributed by atoms with Crippen LogP contribution in [0.25, 0.3) is 0 Å². The Kier molecular flexibility index (Phi) is 3.97. The molecule has 1 atom stereocenters. The first kappa shape index (κ1) is 13.6. The molecule has 2 nitrogen and oxygen atoms in total. The molecule has 102 valence electrons. The van der Waals surface area contributed by atoms with Gasteiger partial charge in [0.15, 0.2) is 0 Å². The Bertz CT molecular complexity index is 504. The second-order valence-corrected chi connectivity index (χ2v) is 7.08. The minimum Gasteiger partial charge on any atom is -0.325 e. The molecule has 2 fully saturated rings. The number of amides is 1. The van der Waals surface area contributed by atoms with Crippen molar-refractivity contribution in [2.75, 3.05) is 12.3 Å². The zero-order valence-corrected chi connectivity index (χ0v) is 12.8. The fraction of sp³-hybridized carbons (Fsp3) is 0.500. The average Bonchev–Trinajstić information content (AvgIpc) is 2.75. The molecule has 2 aliphatic rings. The van der Waals surface area contributed by atoms with Crippen LogP contribution in [0.1, 0.15) is 30.2 Å². The third-order valence-corrected chi connectivity index (χ3v) is 5.66. The molecule has 0 radical (unpaired) electrons. The molecule has 1 aromatic carbocycles. The van der Waals surface area contributed by atoms with E-state index in [2.05, 4.69) is 0 Å². The predicted octanol–water partition coefficient (Wildman–Crippen LogP) is 4.37. The molecule has 1 heterocycles. The quantitative estimate of drug-likeness (QED) is 0.807. The SMILES string of the molecule is O=C(C1CCC1)N1CCSC1c1ccc(Cl)cc1Cl. The van der Waals surface area contributed by atoms with Crippen LogP contribution in [0.3, 0.4) is 0 Å². The molecule has 0 aromatic heterocycles. The highest BCUT2D eigenvalue weighted by Crippen LogP contribution is 2.43. The number of carbonyl (C=O) groups excluding carboxylic acids is 1. The summed E-state index contributed by atoms with van der Waals surface area (Å²) in [6, 6.07) is 5.53. The summed E-state index contributed by atoms with van der Waals surface area (Å²) in [5.74, 6) is 1.52. The van der Waals surface area contributed by atoms with Crippen LogP contribution in [-0.2, 0) is 4.79 Å². The van der Waals surface area contributed by atoms with Crippen molar-refractivity contribution in [2.45, 2.75) is 24.6 Å². The van der Waals surface area contributed by atoms with Gasteiger partial charge in [0.2, 0.25) is 5.91 Å². The Morgan fingerprint density at radius 3 is 2.74 bits per heavy atom. The molecule has 1 aliphatic heterocycles. The molecule has 1 aliphatic carbocycles. The number of rotatable bonds is 2. The molecular weight excluding hydrogens is 301 g/mol. The summed E-state index contributed by atoms with van der Waals surface area (Å²) in [6.45, 7) is 0.823. The topological polar surface area (TPSA) is 20.3 Å². The number of nitrogens with zero attached hydrogens (tertiary/aromatic N) is 1. The molecule has 0 N–H and O–H groups in total. The lowest BCUT2D eigenvalue weighted by molar-refractivity contribution is -0.138. The molecule has 5 heteroatoms. The molecule has 1 unspecified atom stereocenters. The van der Waals surface area contributed by atoms with Gasteiger partial charge in [-0.05, 0) is 25.0 Å². The van der Waals surface area contributed by atoms with Gasteiger partial charge in [-0.15, -0.1) is 11.8 Å². The van der Waals surface area contributed by atoms with E-state index in [0.29, 0.717) is 16.0 Å². The molecule has 1 aromatic rings. The summed E-state index contributed by atoms with van der Waals surface area (Å²) in [6.07, 6.45) is 3.27. The second kappa shape index (κ2) is 5.55. The van der Waals surface area contributed by atoms with Crippen LogP contribution < -0.4 is 0 Å². The van der Waals surface area contributed by atoms with Crippen molar-refractivity contribution in [3.05, 3.63) is 33.8 Å². The van der Waals surface area contributed by atoms with Gasteiger partial charge >= 0.3 is 0 Å². The summed E-state index contributed by atoms with van der Waals surface area (Å²) in [7, 11) is 0. The Morgan fingerprint density at radius 1 is 1.32 bits per heavy atom. The number of hydrogen-bond acceptors (Lipinski definition) is 2. The van der Waals surface area contributed by atoms with Crippen LogP contribution in [-0.4, -0.2) is 23.1 Å². The van der Waals surface area contributed by atoms with E-state index in [1.165, 1.54) is 6.42 Å². The third-order valence-electron chi connectivity index (χ3n) is 3.86. The van der Waals surface area contributed by atoms with Crippen LogP contribution in [0.4, 0.5) is 0 Å². The van der Waals surface area contributed by atoms with Crippen LogP contribution in [0, 0.1) is 5.92 Å². The predicted molar refractivity (Wildman–Crippen MR) is 80.7 cm³/mol. The van der Waals surface area contributed by atoms with E-state index < -0.39 is 0 Å². The van der Waals surface area contributed by atoms with Gasteiger partial charge in [-0.1, -0.05) is 35.7 Å². The fourth-order valence-corrected chi connectivity index (χ4v) is 4.42. The van der Waals surface area contributed by atoms with Crippen molar-refractivity contribution >= 4 is 40.9 Å². The van der Waals surface area contributed by atoms with E-state index in [-0.39, 0.29) is 11.3 Å². The maximum atomic E-state index is 12.4. The molecule has 19 heavy (non-hydrogen) atoms. The number of halogens is 2. The van der Waals surface area contributed by atoms with Gasteiger partial charge in [-0.25, -0.2) is 0 Å². The number of hydrogen-bond donors (Lipinski definition) is 0. The van der Waals surface area contributed by atoms with E-state index in [1.54, 1.807) is 17.8 Å². The van der Waals surface area contributed by atoms with Crippen LogP contribution >= 0.6 is 35.0 Å². The van der Waals surface area contributed by atoms with Gasteiger partial charge in [0.25, 0.3) is 0 Å².